The van der Waals surface area contributed by atoms with Crippen molar-refractivity contribution in [1.29, 1.82) is 0 Å². The minimum atomic E-state index is -3.38. The van der Waals surface area contributed by atoms with E-state index >= 15 is 0 Å². The third-order valence-corrected chi connectivity index (χ3v) is 8.68. The van der Waals surface area contributed by atoms with Crippen LogP contribution in [0.4, 0.5) is 5.82 Å². The highest BCUT2D eigenvalue weighted by Crippen LogP contribution is 2.49. The molecule has 2 aromatic rings. The lowest BCUT2D eigenvalue weighted by Crippen LogP contribution is -2.37. The van der Waals surface area contributed by atoms with E-state index in [4.69, 9.17) is 5.11 Å². The Morgan fingerprint density at radius 1 is 1.22 bits per heavy atom. The van der Waals surface area contributed by atoms with Gasteiger partial charge in [0.1, 0.15) is 5.82 Å². The van der Waals surface area contributed by atoms with Gasteiger partial charge in [0.05, 0.1) is 23.3 Å². The first-order valence-electron chi connectivity index (χ1n) is 12.2. The number of fused-ring (bicyclic) bond motifs is 3. The van der Waals surface area contributed by atoms with E-state index in [9.17, 15) is 13.2 Å². The van der Waals surface area contributed by atoms with Gasteiger partial charge in [-0.05, 0) is 61.4 Å². The molecule has 0 fully saturated rings. The van der Waals surface area contributed by atoms with E-state index < -0.39 is 9.84 Å². The van der Waals surface area contributed by atoms with Crippen molar-refractivity contribution in [2.24, 2.45) is 0 Å². The van der Waals surface area contributed by atoms with Gasteiger partial charge in [0.25, 0.3) is 5.91 Å². The van der Waals surface area contributed by atoms with Gasteiger partial charge < -0.3 is 20.6 Å². The number of carbonyl (C=O) groups is 1. The molecule has 1 amide bonds. The number of benzene rings is 1. The SMILES string of the molecule is CCS(=O)(=O)c1cccc(C2=CC(C(=O)NCCN(C)CCO)=C(C)C3Nc4ncc(C)cc4C23)c1. The average molecular weight is 511 g/mol. The number of aliphatic hydroxyl groups is 1. The molecule has 9 heteroatoms. The Hall–Kier alpha value is -3.01. The van der Waals surface area contributed by atoms with Gasteiger partial charge in [0.2, 0.25) is 0 Å². The second kappa shape index (κ2) is 10.5. The van der Waals surface area contributed by atoms with Crippen LogP contribution < -0.4 is 10.6 Å². The Balaban J connectivity index is 1.75. The van der Waals surface area contributed by atoms with Crippen molar-refractivity contribution in [3.05, 3.63) is 70.4 Å². The van der Waals surface area contributed by atoms with E-state index in [1.165, 1.54) is 0 Å². The number of nitrogens with zero attached hydrogens (tertiary/aromatic N) is 2. The Labute approximate surface area is 213 Å². The predicted molar refractivity (Wildman–Crippen MR) is 142 cm³/mol. The number of hydrogen-bond donors (Lipinski definition) is 3. The van der Waals surface area contributed by atoms with E-state index in [0.717, 1.165) is 33.7 Å². The smallest absolute Gasteiger partial charge is 0.251 e. The number of aliphatic hydroxyl groups excluding tert-OH is 1. The number of rotatable bonds is 9. The lowest BCUT2D eigenvalue weighted by Gasteiger charge is -2.30. The minimum Gasteiger partial charge on any atom is -0.395 e. The molecule has 1 aromatic heterocycles. The minimum absolute atomic E-state index is 0.0203. The molecule has 2 aliphatic rings. The third-order valence-electron chi connectivity index (χ3n) is 6.95. The largest absolute Gasteiger partial charge is 0.395 e. The number of likely N-dealkylation sites (N-methyl/N-ethyl adjacent to an activating group) is 1. The molecule has 2 heterocycles. The van der Waals surface area contributed by atoms with Crippen LogP contribution in [0.15, 0.2) is 58.6 Å². The van der Waals surface area contributed by atoms with E-state index in [1.807, 2.05) is 44.1 Å². The van der Waals surface area contributed by atoms with Crippen LogP contribution in [-0.4, -0.2) is 74.4 Å². The fraction of sp³-hybridized carbons (Fsp3) is 0.407. The molecule has 0 spiro atoms. The third kappa shape index (κ3) is 5.09. The molecule has 4 rings (SSSR count). The number of sulfone groups is 1. The van der Waals surface area contributed by atoms with Crippen LogP contribution in [0, 0.1) is 6.92 Å². The standard InChI is InChI=1S/C27H34N4O4S/c1-5-36(34,35)20-8-6-7-19(14-20)22-15-21(27(33)28-9-10-31(4)11-12-32)18(3)25-24(22)23-13-17(2)16-29-26(23)30-25/h6-8,13-16,24-25,32H,5,9-12H2,1-4H3,(H,28,33)(H,29,30). The van der Waals surface area contributed by atoms with Crippen LogP contribution in [0.5, 0.6) is 0 Å². The van der Waals surface area contributed by atoms with Crippen LogP contribution >= 0.6 is 0 Å². The highest BCUT2D eigenvalue weighted by molar-refractivity contribution is 7.91. The topological polar surface area (TPSA) is 112 Å². The fourth-order valence-corrected chi connectivity index (χ4v) is 5.80. The van der Waals surface area contributed by atoms with Crippen molar-refractivity contribution in [3.63, 3.8) is 0 Å². The van der Waals surface area contributed by atoms with Crippen LogP contribution in [-0.2, 0) is 14.6 Å². The molecule has 2 unspecified atom stereocenters. The Morgan fingerprint density at radius 3 is 2.72 bits per heavy atom. The number of amides is 1. The van der Waals surface area contributed by atoms with Gasteiger partial charge >= 0.3 is 0 Å². The van der Waals surface area contributed by atoms with Crippen LogP contribution in [0.3, 0.4) is 0 Å². The summed E-state index contributed by atoms with van der Waals surface area (Å²) in [5.41, 5.74) is 5.22. The van der Waals surface area contributed by atoms with E-state index in [-0.39, 0.29) is 35.1 Å². The summed E-state index contributed by atoms with van der Waals surface area (Å²) in [7, 11) is -1.49. The van der Waals surface area contributed by atoms with Crippen molar-refractivity contribution in [2.75, 3.05) is 44.4 Å². The quantitative estimate of drug-likeness (QED) is 0.475. The summed E-state index contributed by atoms with van der Waals surface area (Å²) in [5.74, 6) is 0.525. The number of anilines is 1. The van der Waals surface area contributed by atoms with Crippen molar-refractivity contribution in [1.82, 2.24) is 15.2 Å². The number of aromatic nitrogens is 1. The summed E-state index contributed by atoms with van der Waals surface area (Å²) in [4.78, 5) is 20.1. The van der Waals surface area contributed by atoms with E-state index in [0.29, 0.717) is 25.2 Å². The molecule has 0 radical (unpaired) electrons. The molecule has 1 aliphatic carbocycles. The molecule has 3 N–H and O–H groups in total. The van der Waals surface area contributed by atoms with Gasteiger partial charge in [-0.15, -0.1) is 0 Å². The maximum atomic E-state index is 13.3. The average Bonchev–Trinajstić information content (AvgIpc) is 3.24. The molecule has 192 valence electrons. The number of aryl methyl sites for hydroxylation is 1. The van der Waals surface area contributed by atoms with Crippen molar-refractivity contribution < 1.29 is 18.3 Å². The monoisotopic (exact) mass is 510 g/mol. The zero-order valence-corrected chi connectivity index (χ0v) is 22.0. The summed E-state index contributed by atoms with van der Waals surface area (Å²) in [6.07, 6.45) is 3.72. The first kappa shape index (κ1) is 26.1. The lowest BCUT2D eigenvalue weighted by atomic mass is 9.75. The lowest BCUT2D eigenvalue weighted by molar-refractivity contribution is -0.117. The number of hydrogen-bond acceptors (Lipinski definition) is 7. The maximum absolute atomic E-state index is 13.3. The molecule has 1 aromatic carbocycles. The summed E-state index contributed by atoms with van der Waals surface area (Å²) in [5, 5.41) is 15.6. The van der Waals surface area contributed by atoms with Gasteiger partial charge in [0, 0.05) is 42.9 Å². The van der Waals surface area contributed by atoms with Crippen LogP contribution in [0.1, 0.15) is 36.5 Å². The Kier molecular flexibility index (Phi) is 7.63. The molecule has 8 nitrogen and oxygen atoms in total. The highest BCUT2D eigenvalue weighted by atomic mass is 32.2. The number of pyridine rings is 1. The zero-order valence-electron chi connectivity index (χ0n) is 21.2. The summed E-state index contributed by atoms with van der Waals surface area (Å²) >= 11 is 0. The Bertz CT molecular complexity index is 1330. The van der Waals surface area contributed by atoms with Crippen LogP contribution in [0.2, 0.25) is 0 Å². The highest BCUT2D eigenvalue weighted by Gasteiger charge is 2.41. The molecule has 0 saturated heterocycles. The first-order valence-corrected chi connectivity index (χ1v) is 13.9. The van der Waals surface area contributed by atoms with Gasteiger partial charge in [-0.3, -0.25) is 4.79 Å². The first-order chi connectivity index (χ1) is 17.2. The number of carbonyl (C=O) groups excluding carboxylic acids is 1. The van der Waals surface area contributed by atoms with Crippen molar-refractivity contribution in [2.45, 2.75) is 37.6 Å². The molecule has 0 saturated carbocycles. The molecule has 36 heavy (non-hydrogen) atoms. The molecular formula is C27H34N4O4S. The van der Waals surface area contributed by atoms with E-state index in [2.05, 4.69) is 21.7 Å². The molecule has 2 atom stereocenters. The maximum Gasteiger partial charge on any atom is 0.251 e. The normalized spacial score (nSPS) is 19.0. The Morgan fingerprint density at radius 2 is 2.00 bits per heavy atom. The van der Waals surface area contributed by atoms with Gasteiger partial charge in [-0.1, -0.05) is 25.1 Å². The van der Waals surface area contributed by atoms with Crippen molar-refractivity contribution >= 4 is 27.1 Å². The summed E-state index contributed by atoms with van der Waals surface area (Å²) in [6, 6.07) is 8.93. The van der Waals surface area contributed by atoms with Crippen molar-refractivity contribution in [3.8, 4) is 0 Å². The van der Waals surface area contributed by atoms with Gasteiger partial charge in [-0.25, -0.2) is 13.4 Å². The summed E-state index contributed by atoms with van der Waals surface area (Å²) < 4.78 is 25.2. The predicted octanol–water partition coefficient (Wildman–Crippen LogP) is 2.52. The summed E-state index contributed by atoms with van der Waals surface area (Å²) in [6.45, 7) is 7.26. The molecular weight excluding hydrogens is 476 g/mol. The molecule has 1 aliphatic heterocycles. The second-order valence-corrected chi connectivity index (χ2v) is 11.7. The molecule has 0 bridgehead atoms. The second-order valence-electron chi connectivity index (χ2n) is 9.46. The van der Waals surface area contributed by atoms with Gasteiger partial charge in [-0.2, -0.15) is 0 Å². The zero-order chi connectivity index (χ0) is 26.0. The van der Waals surface area contributed by atoms with Gasteiger partial charge in [0.15, 0.2) is 9.84 Å². The van der Waals surface area contributed by atoms with Crippen LogP contribution in [0.25, 0.3) is 5.57 Å². The fourth-order valence-electron chi connectivity index (χ4n) is 4.87. The van der Waals surface area contributed by atoms with E-state index in [1.54, 1.807) is 25.1 Å². The number of nitrogens with one attached hydrogen (secondary N) is 2.